The van der Waals surface area contributed by atoms with E-state index in [4.69, 9.17) is 11.6 Å². The number of halogens is 3. The Morgan fingerprint density at radius 2 is 2.04 bits per heavy atom. The van der Waals surface area contributed by atoms with E-state index in [1.807, 2.05) is 0 Å². The molecule has 7 heteroatoms. The maximum Gasteiger partial charge on any atom is 0.272 e. The highest BCUT2D eigenvalue weighted by Crippen LogP contribution is 2.42. The first-order valence-corrected chi connectivity index (χ1v) is 7.76. The molecule has 0 saturated carbocycles. The van der Waals surface area contributed by atoms with Gasteiger partial charge in [0.1, 0.15) is 12.5 Å². The molecule has 0 bridgehead atoms. The molecule has 0 aliphatic carbocycles. The Morgan fingerprint density at radius 1 is 1.25 bits per heavy atom. The molecular formula is C17H12ClF2N3O. The standard InChI is InChI=1S/C17H12ClF2N3O/c18-11-4-2-1-3-9(11)14-13(7-19)21-12-6-8(20)5-10-15(12)16(14)22-23-17(10)24/h1-6,13-14,21H,7H2,(H,23,24)/t13-,14-/m1/s1. The first-order valence-electron chi connectivity index (χ1n) is 7.39. The van der Waals surface area contributed by atoms with E-state index in [-0.39, 0.29) is 5.39 Å². The van der Waals surface area contributed by atoms with Crippen LogP contribution in [0.2, 0.25) is 5.02 Å². The summed E-state index contributed by atoms with van der Waals surface area (Å²) in [5.74, 6) is -1.07. The van der Waals surface area contributed by atoms with Crippen molar-refractivity contribution in [2.45, 2.75) is 12.0 Å². The summed E-state index contributed by atoms with van der Waals surface area (Å²) in [6.45, 7) is -0.700. The Hall–Kier alpha value is -2.47. The molecule has 24 heavy (non-hydrogen) atoms. The topological polar surface area (TPSA) is 57.8 Å². The number of anilines is 1. The minimum Gasteiger partial charge on any atom is -0.378 e. The van der Waals surface area contributed by atoms with Crippen molar-refractivity contribution in [1.29, 1.82) is 0 Å². The van der Waals surface area contributed by atoms with Gasteiger partial charge in [0.25, 0.3) is 5.56 Å². The van der Waals surface area contributed by atoms with E-state index in [1.165, 1.54) is 6.07 Å². The summed E-state index contributed by atoms with van der Waals surface area (Å²) in [6, 6.07) is 8.84. The lowest BCUT2D eigenvalue weighted by Gasteiger charge is -2.33. The third kappa shape index (κ3) is 2.17. The van der Waals surface area contributed by atoms with Gasteiger partial charge in [-0.05, 0) is 23.8 Å². The zero-order valence-corrected chi connectivity index (χ0v) is 13.1. The minimum atomic E-state index is -0.700. The summed E-state index contributed by atoms with van der Waals surface area (Å²) in [4.78, 5) is 12.0. The molecule has 3 aromatic rings. The molecule has 0 amide bonds. The Bertz CT molecular complexity index is 1000. The molecule has 2 atom stereocenters. The van der Waals surface area contributed by atoms with Gasteiger partial charge in [0.15, 0.2) is 0 Å². The van der Waals surface area contributed by atoms with Crippen LogP contribution in [0.25, 0.3) is 10.8 Å². The van der Waals surface area contributed by atoms with Crippen LogP contribution in [0, 0.1) is 5.82 Å². The van der Waals surface area contributed by atoms with E-state index < -0.39 is 30.0 Å². The van der Waals surface area contributed by atoms with Crippen LogP contribution in [-0.4, -0.2) is 22.9 Å². The molecule has 0 unspecified atom stereocenters. The summed E-state index contributed by atoms with van der Waals surface area (Å²) in [5, 5.41) is 10.7. The number of benzene rings is 2. The van der Waals surface area contributed by atoms with Gasteiger partial charge in [-0.2, -0.15) is 5.10 Å². The van der Waals surface area contributed by atoms with Gasteiger partial charge in [-0.15, -0.1) is 0 Å². The molecule has 1 aliphatic heterocycles. The van der Waals surface area contributed by atoms with Gasteiger partial charge < -0.3 is 5.32 Å². The van der Waals surface area contributed by atoms with Crippen LogP contribution in [-0.2, 0) is 0 Å². The molecule has 4 nitrogen and oxygen atoms in total. The predicted molar refractivity (Wildman–Crippen MR) is 89.0 cm³/mol. The minimum absolute atomic E-state index is 0.178. The van der Waals surface area contributed by atoms with E-state index in [1.54, 1.807) is 24.3 Å². The molecular weight excluding hydrogens is 336 g/mol. The van der Waals surface area contributed by atoms with Crippen molar-refractivity contribution in [3.8, 4) is 0 Å². The fourth-order valence-electron chi connectivity index (χ4n) is 3.32. The van der Waals surface area contributed by atoms with Gasteiger partial charge in [-0.1, -0.05) is 29.8 Å². The monoisotopic (exact) mass is 347 g/mol. The Labute approximate surface area is 140 Å². The number of aromatic nitrogens is 2. The number of nitrogens with zero attached hydrogens (tertiary/aromatic N) is 1. The highest BCUT2D eigenvalue weighted by Gasteiger charge is 2.35. The Morgan fingerprint density at radius 3 is 2.79 bits per heavy atom. The molecule has 4 rings (SSSR count). The first kappa shape index (κ1) is 15.1. The summed E-state index contributed by atoms with van der Waals surface area (Å²) in [6.07, 6.45) is 0. The van der Waals surface area contributed by atoms with E-state index in [0.29, 0.717) is 27.4 Å². The highest BCUT2D eigenvalue weighted by atomic mass is 35.5. The van der Waals surface area contributed by atoms with Crippen molar-refractivity contribution in [3.63, 3.8) is 0 Å². The third-order valence-electron chi connectivity index (χ3n) is 4.33. The number of nitrogens with one attached hydrogen (secondary N) is 2. The molecule has 0 fully saturated rings. The van der Waals surface area contributed by atoms with Gasteiger partial charge in [-0.3, -0.25) is 4.79 Å². The van der Waals surface area contributed by atoms with Crippen LogP contribution in [0.5, 0.6) is 0 Å². The van der Waals surface area contributed by atoms with Crippen LogP contribution in [0.3, 0.4) is 0 Å². The smallest absolute Gasteiger partial charge is 0.272 e. The lowest BCUT2D eigenvalue weighted by Crippen LogP contribution is -2.35. The molecule has 1 aliphatic rings. The third-order valence-corrected chi connectivity index (χ3v) is 4.67. The van der Waals surface area contributed by atoms with Gasteiger partial charge in [-0.25, -0.2) is 13.9 Å². The number of hydrogen-bond donors (Lipinski definition) is 2. The van der Waals surface area contributed by atoms with Gasteiger partial charge >= 0.3 is 0 Å². The van der Waals surface area contributed by atoms with Crippen molar-refractivity contribution < 1.29 is 8.78 Å². The van der Waals surface area contributed by atoms with Crippen molar-refractivity contribution in [2.24, 2.45) is 0 Å². The van der Waals surface area contributed by atoms with Gasteiger partial charge in [0, 0.05) is 16.1 Å². The van der Waals surface area contributed by atoms with Crippen molar-refractivity contribution >= 4 is 28.1 Å². The lowest BCUT2D eigenvalue weighted by atomic mass is 9.83. The zero-order valence-electron chi connectivity index (χ0n) is 12.3. The SMILES string of the molecule is O=c1[nH]nc2c3c(cc(F)cc13)N[C@H](CF)[C@H]2c1ccccc1Cl. The molecule has 2 N–H and O–H groups in total. The molecule has 2 aromatic carbocycles. The van der Waals surface area contributed by atoms with Crippen LogP contribution < -0.4 is 10.9 Å². The van der Waals surface area contributed by atoms with Crippen molar-refractivity contribution in [2.75, 3.05) is 12.0 Å². The molecule has 0 saturated heterocycles. The molecule has 122 valence electrons. The molecule has 0 radical (unpaired) electrons. The second-order valence-corrected chi connectivity index (χ2v) is 6.13. The van der Waals surface area contributed by atoms with Crippen LogP contribution in [0.4, 0.5) is 14.5 Å². The van der Waals surface area contributed by atoms with Crippen LogP contribution >= 0.6 is 11.6 Å². The average Bonchev–Trinajstić information content (AvgIpc) is 2.57. The zero-order chi connectivity index (χ0) is 16.8. The van der Waals surface area contributed by atoms with Crippen molar-refractivity contribution in [1.82, 2.24) is 10.2 Å². The summed E-state index contributed by atoms with van der Waals surface area (Å²) in [7, 11) is 0. The summed E-state index contributed by atoms with van der Waals surface area (Å²) in [5.41, 5.74) is 1.05. The van der Waals surface area contributed by atoms with E-state index >= 15 is 0 Å². The summed E-state index contributed by atoms with van der Waals surface area (Å²) >= 11 is 6.29. The quantitative estimate of drug-likeness (QED) is 0.744. The first-order chi connectivity index (χ1) is 11.6. The number of H-pyrrole nitrogens is 1. The summed E-state index contributed by atoms with van der Waals surface area (Å²) < 4.78 is 27.5. The molecule has 0 spiro atoms. The van der Waals surface area contributed by atoms with Crippen molar-refractivity contribution in [3.05, 3.63) is 68.8 Å². The maximum absolute atomic E-state index is 13.8. The molecule has 1 aromatic heterocycles. The fourth-order valence-corrected chi connectivity index (χ4v) is 3.57. The van der Waals surface area contributed by atoms with E-state index in [9.17, 15) is 13.6 Å². The van der Waals surface area contributed by atoms with E-state index in [0.717, 1.165) is 6.07 Å². The Kier molecular flexibility index (Phi) is 3.49. The fraction of sp³-hybridized carbons (Fsp3) is 0.176. The van der Waals surface area contributed by atoms with Gasteiger partial charge in [0.2, 0.25) is 0 Å². The number of aromatic amines is 1. The van der Waals surface area contributed by atoms with E-state index in [2.05, 4.69) is 15.5 Å². The predicted octanol–water partition coefficient (Wildman–Crippen LogP) is 3.61. The Balaban J connectivity index is 2.07. The largest absolute Gasteiger partial charge is 0.378 e. The number of rotatable bonds is 2. The molecule has 2 heterocycles. The number of hydrogen-bond acceptors (Lipinski definition) is 3. The second-order valence-electron chi connectivity index (χ2n) is 5.72. The lowest BCUT2D eigenvalue weighted by molar-refractivity contribution is 0.417. The maximum atomic E-state index is 13.8. The van der Waals surface area contributed by atoms with Crippen LogP contribution in [0.15, 0.2) is 41.2 Å². The van der Waals surface area contributed by atoms with Gasteiger partial charge in [0.05, 0.1) is 23.0 Å². The highest BCUT2D eigenvalue weighted by molar-refractivity contribution is 6.31. The normalized spacial score (nSPS) is 19.3. The average molecular weight is 348 g/mol. The number of alkyl halides is 1. The second kappa shape index (κ2) is 5.56. The van der Waals surface area contributed by atoms with Crippen LogP contribution in [0.1, 0.15) is 17.2 Å².